The molecule has 0 atom stereocenters. The number of nitrogens with two attached hydrogens (primary N) is 1. The second-order valence-electron chi connectivity index (χ2n) is 5.64. The number of nitrogens with one attached hydrogen (secondary N) is 3. The van der Waals surface area contributed by atoms with Crippen molar-refractivity contribution in [2.75, 3.05) is 6.54 Å². The van der Waals surface area contributed by atoms with E-state index in [-0.39, 0.29) is 6.54 Å². The maximum atomic E-state index is 14.1. The molecule has 1 aliphatic carbocycles. The number of rotatable bonds is 3. The third-order valence-corrected chi connectivity index (χ3v) is 4.22. The number of halogens is 2. The molecule has 0 radical (unpaired) electrons. The van der Waals surface area contributed by atoms with Crippen LogP contribution in [0.3, 0.4) is 0 Å². The van der Waals surface area contributed by atoms with Crippen LogP contribution in [-0.2, 0) is 10.3 Å². The highest BCUT2D eigenvalue weighted by atomic mass is 19.1. The van der Waals surface area contributed by atoms with E-state index in [1.165, 1.54) is 18.3 Å². The van der Waals surface area contributed by atoms with E-state index in [1.807, 2.05) is 5.43 Å². The molecule has 1 aromatic carbocycles. The molecule has 0 spiro atoms. The number of amides is 1. The number of hydrogen-bond donors (Lipinski definition) is 4. The molecule has 6 nitrogen and oxygen atoms in total. The Labute approximate surface area is 131 Å². The van der Waals surface area contributed by atoms with Gasteiger partial charge in [0.15, 0.2) is 5.96 Å². The predicted molar refractivity (Wildman–Crippen MR) is 80.9 cm³/mol. The molecule has 3 rings (SSSR count). The molecule has 0 aromatic heterocycles. The Balaban J connectivity index is 1.76. The number of carbonyl (C=O) groups excluding carboxylic acids is 1. The molecular formula is C15H17F2N5O. The first-order valence-corrected chi connectivity index (χ1v) is 7.29. The number of benzene rings is 1. The second kappa shape index (κ2) is 5.96. The molecule has 1 aliphatic heterocycles. The van der Waals surface area contributed by atoms with Gasteiger partial charge in [-0.3, -0.25) is 10.2 Å². The van der Waals surface area contributed by atoms with E-state index in [0.29, 0.717) is 17.1 Å². The minimum Gasteiger partial charge on any atom is -0.346 e. The Hall–Kier alpha value is -2.48. The van der Waals surface area contributed by atoms with Crippen LogP contribution in [0.1, 0.15) is 24.8 Å². The Morgan fingerprint density at radius 1 is 1.35 bits per heavy atom. The first-order chi connectivity index (χ1) is 11.0. The fraction of sp³-hybridized carbons (Fsp3) is 0.333. The van der Waals surface area contributed by atoms with Gasteiger partial charge in [0.05, 0.1) is 17.7 Å². The van der Waals surface area contributed by atoms with Gasteiger partial charge in [-0.1, -0.05) is 6.07 Å². The smallest absolute Gasteiger partial charge is 0.264 e. The van der Waals surface area contributed by atoms with Gasteiger partial charge in [0.1, 0.15) is 11.6 Å². The summed E-state index contributed by atoms with van der Waals surface area (Å²) in [6.07, 6.45) is 3.88. The van der Waals surface area contributed by atoms with Gasteiger partial charge < -0.3 is 10.6 Å². The molecule has 1 aromatic rings. The van der Waals surface area contributed by atoms with E-state index in [4.69, 9.17) is 5.84 Å². The zero-order chi connectivity index (χ0) is 16.4. The summed E-state index contributed by atoms with van der Waals surface area (Å²) in [5, 5.41) is 6.06. The number of aliphatic imine (C=N–C) groups is 1. The lowest BCUT2D eigenvalue weighted by Gasteiger charge is -2.44. The van der Waals surface area contributed by atoms with Crippen molar-refractivity contribution < 1.29 is 13.6 Å². The lowest BCUT2D eigenvalue weighted by Crippen LogP contribution is -2.55. The molecule has 23 heavy (non-hydrogen) atoms. The van der Waals surface area contributed by atoms with Gasteiger partial charge in [0.25, 0.3) is 5.91 Å². The first-order valence-electron chi connectivity index (χ1n) is 7.29. The maximum absolute atomic E-state index is 14.1. The van der Waals surface area contributed by atoms with Crippen molar-refractivity contribution >= 4 is 11.9 Å². The molecule has 5 N–H and O–H groups in total. The summed E-state index contributed by atoms with van der Waals surface area (Å²) >= 11 is 0. The van der Waals surface area contributed by atoms with E-state index < -0.39 is 23.1 Å². The number of guanidine groups is 1. The molecule has 1 fully saturated rings. The van der Waals surface area contributed by atoms with Crippen LogP contribution >= 0.6 is 0 Å². The Morgan fingerprint density at radius 3 is 2.65 bits per heavy atom. The largest absolute Gasteiger partial charge is 0.346 e. The zero-order valence-electron chi connectivity index (χ0n) is 12.3. The van der Waals surface area contributed by atoms with Gasteiger partial charge in [0.2, 0.25) is 0 Å². The van der Waals surface area contributed by atoms with E-state index in [0.717, 1.165) is 25.3 Å². The highest BCUT2D eigenvalue weighted by Crippen LogP contribution is 2.42. The average Bonchev–Trinajstić information content (AvgIpc) is 2.51. The topological polar surface area (TPSA) is 91.5 Å². The number of hydrazine groups is 1. The van der Waals surface area contributed by atoms with Gasteiger partial charge in [-0.2, -0.15) is 0 Å². The first kappa shape index (κ1) is 15.4. The van der Waals surface area contributed by atoms with E-state index in [2.05, 4.69) is 15.6 Å². The van der Waals surface area contributed by atoms with Crippen molar-refractivity contribution in [2.45, 2.75) is 24.8 Å². The third kappa shape index (κ3) is 2.89. The normalized spacial score (nSPS) is 18.9. The summed E-state index contributed by atoms with van der Waals surface area (Å²) in [6.45, 7) is 0.167. The minimum atomic E-state index is -0.606. The monoisotopic (exact) mass is 321 g/mol. The van der Waals surface area contributed by atoms with Crippen LogP contribution < -0.4 is 21.9 Å². The van der Waals surface area contributed by atoms with Crippen LogP contribution in [0.25, 0.3) is 0 Å². The Morgan fingerprint density at radius 2 is 2.13 bits per heavy atom. The van der Waals surface area contributed by atoms with Crippen LogP contribution in [0.5, 0.6) is 0 Å². The van der Waals surface area contributed by atoms with Crippen LogP contribution in [0, 0.1) is 11.6 Å². The van der Waals surface area contributed by atoms with Crippen molar-refractivity contribution in [1.29, 1.82) is 0 Å². The van der Waals surface area contributed by atoms with Crippen molar-refractivity contribution in [3.63, 3.8) is 0 Å². The number of carbonyl (C=O) groups is 1. The van der Waals surface area contributed by atoms with E-state index in [9.17, 15) is 13.6 Å². The fourth-order valence-corrected chi connectivity index (χ4v) is 2.81. The quantitative estimate of drug-likeness (QED) is 0.376. The standard InChI is InChI=1S/C15H17F2N5O/c16-10-2-3-11(12(17)6-10)15(4-1-5-15)21-14-19-7-9(8-20-14)13(23)22-18/h2-3,6-7H,1,4-5,8,18H2,(H,22,23)(H2,19,20,21). The predicted octanol–water partition coefficient (Wildman–Crippen LogP) is 0.767. The molecule has 1 saturated carbocycles. The molecule has 1 amide bonds. The minimum absolute atomic E-state index is 0.167. The Bertz CT molecular complexity index is 697. The van der Waals surface area contributed by atoms with E-state index in [1.54, 1.807) is 0 Å². The maximum Gasteiger partial charge on any atom is 0.264 e. The van der Waals surface area contributed by atoms with Crippen LogP contribution in [0.4, 0.5) is 8.78 Å². The van der Waals surface area contributed by atoms with Crippen molar-refractivity contribution in [2.24, 2.45) is 10.8 Å². The SMILES string of the molecule is NNC(=O)C1=CNC(NC2(c3ccc(F)cc3F)CCC2)=NC1. The fourth-order valence-electron chi connectivity index (χ4n) is 2.81. The highest BCUT2D eigenvalue weighted by Gasteiger charge is 2.41. The molecule has 8 heteroatoms. The van der Waals surface area contributed by atoms with Gasteiger partial charge >= 0.3 is 0 Å². The lowest BCUT2D eigenvalue weighted by atomic mass is 9.71. The van der Waals surface area contributed by atoms with Gasteiger partial charge in [-0.05, 0) is 25.3 Å². The Kier molecular flexibility index (Phi) is 3.99. The average molecular weight is 321 g/mol. The van der Waals surface area contributed by atoms with Gasteiger partial charge in [0, 0.05) is 17.8 Å². The van der Waals surface area contributed by atoms with Crippen molar-refractivity contribution in [3.05, 3.63) is 47.2 Å². The molecular weight excluding hydrogens is 304 g/mol. The van der Waals surface area contributed by atoms with Crippen LogP contribution in [0.15, 0.2) is 35.0 Å². The van der Waals surface area contributed by atoms with E-state index >= 15 is 0 Å². The molecule has 0 bridgehead atoms. The molecule has 1 heterocycles. The van der Waals surface area contributed by atoms with Crippen LogP contribution in [0.2, 0.25) is 0 Å². The van der Waals surface area contributed by atoms with Gasteiger partial charge in [-0.15, -0.1) is 0 Å². The summed E-state index contributed by atoms with van der Waals surface area (Å²) in [4.78, 5) is 15.6. The third-order valence-electron chi connectivity index (χ3n) is 4.22. The zero-order valence-corrected chi connectivity index (χ0v) is 12.3. The number of nitrogens with zero attached hydrogens (tertiary/aromatic N) is 1. The summed E-state index contributed by atoms with van der Waals surface area (Å²) < 4.78 is 27.2. The molecule has 0 unspecified atom stereocenters. The second-order valence-corrected chi connectivity index (χ2v) is 5.64. The summed E-state index contributed by atoms with van der Waals surface area (Å²) in [5.41, 5.74) is 2.25. The number of hydrogen-bond acceptors (Lipinski definition) is 5. The molecule has 2 aliphatic rings. The van der Waals surface area contributed by atoms with Crippen LogP contribution in [-0.4, -0.2) is 18.4 Å². The summed E-state index contributed by atoms with van der Waals surface area (Å²) in [5.74, 6) is 3.92. The summed E-state index contributed by atoms with van der Waals surface area (Å²) in [6, 6.07) is 3.60. The summed E-state index contributed by atoms with van der Waals surface area (Å²) in [7, 11) is 0. The lowest BCUT2D eigenvalue weighted by molar-refractivity contribution is -0.117. The molecule has 122 valence electrons. The van der Waals surface area contributed by atoms with Crippen molar-refractivity contribution in [1.82, 2.24) is 16.1 Å². The molecule has 0 saturated heterocycles. The van der Waals surface area contributed by atoms with Gasteiger partial charge in [-0.25, -0.2) is 19.6 Å². The van der Waals surface area contributed by atoms with Crippen molar-refractivity contribution in [3.8, 4) is 0 Å². The highest BCUT2D eigenvalue weighted by molar-refractivity contribution is 5.96.